The van der Waals surface area contributed by atoms with Crippen LogP contribution in [0.15, 0.2) is 51.8 Å². The summed E-state index contributed by atoms with van der Waals surface area (Å²) in [7, 11) is 0.511. The third kappa shape index (κ3) is 3.58. The van der Waals surface area contributed by atoms with E-state index in [0.717, 1.165) is 20.7 Å². The van der Waals surface area contributed by atoms with Gasteiger partial charge in [0.05, 0.1) is 23.7 Å². The van der Waals surface area contributed by atoms with Crippen LogP contribution in [0.5, 0.6) is 5.75 Å². The smallest absolute Gasteiger partial charge is 0.119 e. The predicted octanol–water partition coefficient (Wildman–Crippen LogP) is 3.35. The molecule has 0 aliphatic heterocycles. The summed E-state index contributed by atoms with van der Waals surface area (Å²) in [4.78, 5) is 0.768. The van der Waals surface area contributed by atoms with E-state index in [1.807, 2.05) is 18.2 Å². The minimum atomic E-state index is -1.10. The Balaban J connectivity index is 2.21. The molecule has 19 heavy (non-hydrogen) atoms. The summed E-state index contributed by atoms with van der Waals surface area (Å²) in [5.41, 5.74) is 7.24. The van der Waals surface area contributed by atoms with Gasteiger partial charge in [0.1, 0.15) is 5.75 Å². The average Bonchev–Trinajstić information content (AvgIpc) is 2.42. The number of hydrogen-bond donors (Lipinski definition) is 1. The number of halogens is 1. The van der Waals surface area contributed by atoms with Gasteiger partial charge in [-0.1, -0.05) is 15.9 Å². The van der Waals surface area contributed by atoms with Gasteiger partial charge in [0.25, 0.3) is 0 Å². The highest BCUT2D eigenvalue weighted by atomic mass is 79.9. The lowest BCUT2D eigenvalue weighted by Gasteiger charge is -2.07. The standard InChI is InChI=1S/C14H14BrNO2S/c1-18-12-4-7-14(15)10(8-12)9-19(17)13-5-2-11(16)3-6-13/h2-8H,9,16H2,1H3. The quantitative estimate of drug-likeness (QED) is 0.869. The van der Waals surface area contributed by atoms with Crippen LogP contribution in [0.4, 0.5) is 5.69 Å². The van der Waals surface area contributed by atoms with Gasteiger partial charge in [-0.15, -0.1) is 0 Å². The Labute approximate surface area is 123 Å². The first kappa shape index (κ1) is 14.1. The molecule has 0 heterocycles. The molecule has 0 bridgehead atoms. The molecule has 0 saturated carbocycles. The topological polar surface area (TPSA) is 52.3 Å². The van der Waals surface area contributed by atoms with E-state index < -0.39 is 10.8 Å². The van der Waals surface area contributed by atoms with Gasteiger partial charge in [-0.3, -0.25) is 4.21 Å². The van der Waals surface area contributed by atoms with Crippen LogP contribution in [-0.4, -0.2) is 11.3 Å². The van der Waals surface area contributed by atoms with E-state index in [1.165, 1.54) is 0 Å². The summed E-state index contributed by atoms with van der Waals surface area (Å²) in [6, 6.07) is 12.7. The van der Waals surface area contributed by atoms with Crippen LogP contribution in [-0.2, 0) is 16.6 Å². The molecule has 2 aromatic rings. The van der Waals surface area contributed by atoms with Gasteiger partial charge in [-0.2, -0.15) is 0 Å². The molecule has 0 spiro atoms. The summed E-state index contributed by atoms with van der Waals surface area (Å²) >= 11 is 3.46. The van der Waals surface area contributed by atoms with Crippen molar-refractivity contribution in [2.45, 2.75) is 10.6 Å². The van der Waals surface area contributed by atoms with Gasteiger partial charge in [-0.25, -0.2) is 0 Å². The van der Waals surface area contributed by atoms with Crippen molar-refractivity contribution in [1.29, 1.82) is 0 Å². The minimum Gasteiger partial charge on any atom is -0.497 e. The third-order valence-electron chi connectivity index (χ3n) is 2.68. The molecule has 0 amide bonds. The average molecular weight is 340 g/mol. The van der Waals surface area contributed by atoms with E-state index >= 15 is 0 Å². The molecular weight excluding hydrogens is 326 g/mol. The highest BCUT2D eigenvalue weighted by Crippen LogP contribution is 2.25. The fourth-order valence-corrected chi connectivity index (χ4v) is 3.33. The maximum Gasteiger partial charge on any atom is 0.119 e. The molecule has 2 aromatic carbocycles. The number of benzene rings is 2. The maximum atomic E-state index is 12.3. The molecule has 0 saturated heterocycles. The van der Waals surface area contributed by atoms with Crippen molar-refractivity contribution in [3.63, 3.8) is 0 Å². The molecule has 2 N–H and O–H groups in total. The van der Waals surface area contributed by atoms with Gasteiger partial charge >= 0.3 is 0 Å². The van der Waals surface area contributed by atoms with Crippen molar-refractivity contribution < 1.29 is 8.95 Å². The first-order chi connectivity index (χ1) is 9.10. The molecule has 100 valence electrons. The Bertz CT molecular complexity index is 599. The van der Waals surface area contributed by atoms with Crippen molar-refractivity contribution in [3.8, 4) is 5.75 Å². The number of hydrogen-bond acceptors (Lipinski definition) is 3. The van der Waals surface area contributed by atoms with Gasteiger partial charge in [0, 0.05) is 15.1 Å². The van der Waals surface area contributed by atoms with Crippen LogP contribution in [0, 0.1) is 0 Å². The highest BCUT2D eigenvalue weighted by Gasteiger charge is 2.09. The van der Waals surface area contributed by atoms with E-state index in [0.29, 0.717) is 11.4 Å². The van der Waals surface area contributed by atoms with Crippen molar-refractivity contribution >= 4 is 32.4 Å². The zero-order valence-corrected chi connectivity index (χ0v) is 12.8. The van der Waals surface area contributed by atoms with E-state index in [-0.39, 0.29) is 0 Å². The van der Waals surface area contributed by atoms with Gasteiger partial charge in [0.2, 0.25) is 0 Å². The molecule has 0 radical (unpaired) electrons. The van der Waals surface area contributed by atoms with Crippen molar-refractivity contribution in [2.75, 3.05) is 12.8 Å². The Morgan fingerprint density at radius 1 is 1.21 bits per heavy atom. The summed E-state index contributed by atoms with van der Waals surface area (Å²) in [6.45, 7) is 0. The second-order valence-electron chi connectivity index (χ2n) is 4.02. The Hall–Kier alpha value is -1.33. The van der Waals surface area contributed by atoms with Crippen LogP contribution in [0.2, 0.25) is 0 Å². The van der Waals surface area contributed by atoms with Crippen LogP contribution >= 0.6 is 15.9 Å². The number of anilines is 1. The van der Waals surface area contributed by atoms with Crippen LogP contribution in [0.25, 0.3) is 0 Å². The minimum absolute atomic E-state index is 0.432. The molecular formula is C14H14BrNO2S. The lowest BCUT2D eigenvalue weighted by molar-refractivity contribution is 0.414. The largest absolute Gasteiger partial charge is 0.497 e. The van der Waals surface area contributed by atoms with Crippen LogP contribution in [0.3, 0.4) is 0 Å². The first-order valence-electron chi connectivity index (χ1n) is 5.66. The van der Waals surface area contributed by atoms with Gasteiger partial charge in [0.15, 0.2) is 0 Å². The summed E-state index contributed by atoms with van der Waals surface area (Å²) < 4.78 is 18.4. The molecule has 1 atom stereocenters. The molecule has 2 rings (SSSR count). The van der Waals surface area contributed by atoms with Crippen molar-refractivity contribution in [3.05, 3.63) is 52.5 Å². The molecule has 0 fully saturated rings. The van der Waals surface area contributed by atoms with E-state index in [1.54, 1.807) is 31.4 Å². The Morgan fingerprint density at radius 2 is 1.89 bits per heavy atom. The first-order valence-corrected chi connectivity index (χ1v) is 7.77. The van der Waals surface area contributed by atoms with Crippen LogP contribution in [0.1, 0.15) is 5.56 Å². The molecule has 0 aromatic heterocycles. The van der Waals surface area contributed by atoms with Crippen molar-refractivity contribution in [1.82, 2.24) is 0 Å². The summed E-state index contributed by atoms with van der Waals surface area (Å²) in [5, 5.41) is 0. The summed E-state index contributed by atoms with van der Waals surface area (Å²) in [5.74, 6) is 1.19. The van der Waals surface area contributed by atoms with Crippen molar-refractivity contribution in [2.24, 2.45) is 0 Å². The molecule has 0 aliphatic rings. The van der Waals surface area contributed by atoms with Crippen LogP contribution < -0.4 is 10.5 Å². The predicted molar refractivity (Wildman–Crippen MR) is 81.7 cm³/mol. The number of nitrogens with two attached hydrogens (primary N) is 1. The van der Waals surface area contributed by atoms with Gasteiger partial charge < -0.3 is 10.5 Å². The zero-order valence-electron chi connectivity index (χ0n) is 10.4. The highest BCUT2D eigenvalue weighted by molar-refractivity contribution is 9.10. The second-order valence-corrected chi connectivity index (χ2v) is 6.32. The van der Waals surface area contributed by atoms with E-state index in [2.05, 4.69) is 15.9 Å². The SMILES string of the molecule is COc1ccc(Br)c(CS(=O)c2ccc(N)cc2)c1. The Kier molecular flexibility index (Phi) is 4.61. The normalized spacial score (nSPS) is 12.1. The monoisotopic (exact) mass is 339 g/mol. The lowest BCUT2D eigenvalue weighted by Crippen LogP contribution is -1.98. The fraction of sp³-hybridized carbons (Fsp3) is 0.143. The lowest BCUT2D eigenvalue weighted by atomic mass is 10.2. The van der Waals surface area contributed by atoms with E-state index in [4.69, 9.17) is 10.5 Å². The second kappa shape index (κ2) is 6.21. The molecule has 1 unspecified atom stereocenters. The number of methoxy groups -OCH3 is 1. The molecule has 3 nitrogen and oxygen atoms in total. The Morgan fingerprint density at radius 3 is 2.53 bits per heavy atom. The fourth-order valence-electron chi connectivity index (χ4n) is 1.63. The molecule has 0 aliphatic carbocycles. The zero-order chi connectivity index (χ0) is 13.8. The van der Waals surface area contributed by atoms with Gasteiger partial charge in [-0.05, 0) is 48.0 Å². The maximum absolute atomic E-state index is 12.3. The summed E-state index contributed by atoms with van der Waals surface area (Å²) in [6.07, 6.45) is 0. The third-order valence-corrected chi connectivity index (χ3v) is 4.83. The molecule has 5 heteroatoms. The van der Waals surface area contributed by atoms with E-state index in [9.17, 15) is 4.21 Å². The number of rotatable bonds is 4. The number of nitrogen functional groups attached to an aromatic ring is 1. The number of ether oxygens (including phenoxy) is 1.